The average molecular weight is 435 g/mol. The Hall–Kier alpha value is -3.62. The van der Waals surface area contributed by atoms with Gasteiger partial charge in [-0.1, -0.05) is 6.08 Å². The van der Waals surface area contributed by atoms with E-state index in [4.69, 9.17) is 9.47 Å². The van der Waals surface area contributed by atoms with Crippen molar-refractivity contribution >= 4 is 22.9 Å². The summed E-state index contributed by atoms with van der Waals surface area (Å²) in [6.07, 6.45) is 4.42. The topological polar surface area (TPSA) is 81.0 Å². The Balaban J connectivity index is 1.43. The Morgan fingerprint density at radius 3 is 2.88 bits per heavy atom. The number of pyridine rings is 1. The zero-order chi connectivity index (χ0) is 21.8. The molecular weight excluding hydrogens is 413 g/mol. The normalized spacial score (nSPS) is 19.5. The number of benzene rings is 1. The van der Waals surface area contributed by atoms with Gasteiger partial charge in [0, 0.05) is 43.2 Å². The summed E-state index contributed by atoms with van der Waals surface area (Å²) in [5, 5.41) is 11.8. The Morgan fingerprint density at radius 1 is 1.25 bits per heavy atom. The van der Waals surface area contributed by atoms with Crippen molar-refractivity contribution in [2.45, 2.75) is 25.8 Å². The van der Waals surface area contributed by atoms with Crippen LogP contribution in [0.4, 0.5) is 10.2 Å². The summed E-state index contributed by atoms with van der Waals surface area (Å²) in [6.45, 7) is 3.96. The number of carbonyl (C=O) groups is 1. The Bertz CT molecular complexity index is 1280. The Labute approximate surface area is 183 Å². The molecule has 9 heteroatoms. The maximum absolute atomic E-state index is 14.7. The summed E-state index contributed by atoms with van der Waals surface area (Å²) in [5.74, 6) is 1.84. The quantitative estimate of drug-likeness (QED) is 0.633. The third kappa shape index (κ3) is 2.91. The van der Waals surface area contributed by atoms with Gasteiger partial charge in [0.25, 0.3) is 0 Å². The molecule has 2 aromatic heterocycles. The molecule has 0 unspecified atom stereocenters. The van der Waals surface area contributed by atoms with Gasteiger partial charge >= 0.3 is 0 Å². The summed E-state index contributed by atoms with van der Waals surface area (Å²) in [5.41, 5.74) is 4.21. The molecule has 0 fully saturated rings. The van der Waals surface area contributed by atoms with E-state index in [0.29, 0.717) is 55.6 Å². The number of rotatable bonds is 1. The second-order valence-electron chi connectivity index (χ2n) is 8.35. The number of anilines is 1. The van der Waals surface area contributed by atoms with Crippen LogP contribution < -0.4 is 14.8 Å². The van der Waals surface area contributed by atoms with Gasteiger partial charge in [-0.3, -0.25) is 9.20 Å². The smallest absolute Gasteiger partial charge is 0.219 e. The summed E-state index contributed by atoms with van der Waals surface area (Å²) < 4.78 is 28.6. The van der Waals surface area contributed by atoms with Crippen molar-refractivity contribution in [3.05, 3.63) is 53.1 Å². The van der Waals surface area contributed by atoms with Gasteiger partial charge in [0.05, 0.1) is 19.1 Å². The van der Waals surface area contributed by atoms with Gasteiger partial charge in [-0.25, -0.2) is 4.39 Å². The van der Waals surface area contributed by atoms with Crippen molar-refractivity contribution in [1.29, 1.82) is 0 Å². The first-order chi connectivity index (χ1) is 15.6. The molecule has 0 radical (unpaired) electrons. The standard InChI is InChI=1S/C23H22FN5O3/c1-13(30)28-6-4-14(5-7-28)16-8-20-23(29-12-26-27-22(16)29)25-9-17-18(24)2-3-19-21(17)15(10-31-19)11-32-20/h2-4,8,12,15,25H,5-7,9-11H2,1H3/t15-/m1/s1. The van der Waals surface area contributed by atoms with E-state index < -0.39 is 0 Å². The lowest BCUT2D eigenvalue weighted by Gasteiger charge is -2.26. The van der Waals surface area contributed by atoms with E-state index in [1.807, 2.05) is 15.4 Å². The highest BCUT2D eigenvalue weighted by atomic mass is 19.1. The van der Waals surface area contributed by atoms with Crippen molar-refractivity contribution in [2.24, 2.45) is 0 Å². The predicted molar refractivity (Wildman–Crippen MR) is 115 cm³/mol. The molecule has 1 aromatic carbocycles. The van der Waals surface area contributed by atoms with Crippen LogP contribution >= 0.6 is 0 Å². The minimum Gasteiger partial charge on any atom is -0.493 e. The highest BCUT2D eigenvalue weighted by molar-refractivity contribution is 5.82. The third-order valence-electron chi connectivity index (χ3n) is 6.52. The van der Waals surface area contributed by atoms with E-state index in [9.17, 15) is 9.18 Å². The van der Waals surface area contributed by atoms with Gasteiger partial charge in [0.1, 0.15) is 17.9 Å². The second kappa shape index (κ2) is 7.22. The fourth-order valence-corrected chi connectivity index (χ4v) is 4.82. The van der Waals surface area contributed by atoms with E-state index in [2.05, 4.69) is 21.6 Å². The number of carbonyl (C=O) groups excluding carboxylic acids is 1. The average Bonchev–Trinajstić information content (AvgIpc) is 3.45. The minimum atomic E-state index is -0.255. The lowest BCUT2D eigenvalue weighted by molar-refractivity contribution is -0.128. The van der Waals surface area contributed by atoms with Crippen molar-refractivity contribution < 1.29 is 18.7 Å². The fourth-order valence-electron chi connectivity index (χ4n) is 4.82. The number of fused-ring (bicyclic) bond motifs is 3. The van der Waals surface area contributed by atoms with E-state index in [1.165, 1.54) is 6.07 Å². The van der Waals surface area contributed by atoms with Crippen LogP contribution in [0.25, 0.3) is 11.2 Å². The van der Waals surface area contributed by atoms with E-state index in [-0.39, 0.29) is 17.6 Å². The first-order valence-corrected chi connectivity index (χ1v) is 10.7. The molecule has 164 valence electrons. The number of amides is 1. The molecule has 8 nitrogen and oxygen atoms in total. The maximum atomic E-state index is 14.7. The molecule has 3 aliphatic rings. The van der Waals surface area contributed by atoms with Gasteiger partial charge in [-0.15, -0.1) is 10.2 Å². The van der Waals surface area contributed by atoms with Crippen LogP contribution in [0.1, 0.15) is 36.0 Å². The van der Waals surface area contributed by atoms with Crippen molar-refractivity contribution in [3.8, 4) is 11.5 Å². The molecule has 0 bridgehead atoms. The maximum Gasteiger partial charge on any atom is 0.219 e. The Morgan fingerprint density at radius 2 is 2.09 bits per heavy atom. The van der Waals surface area contributed by atoms with Crippen molar-refractivity contribution in [1.82, 2.24) is 19.5 Å². The Kier molecular flexibility index (Phi) is 4.31. The lowest BCUT2D eigenvalue weighted by atomic mass is 9.96. The molecule has 5 heterocycles. The molecule has 32 heavy (non-hydrogen) atoms. The van der Waals surface area contributed by atoms with Crippen molar-refractivity contribution in [3.63, 3.8) is 0 Å². The molecule has 1 N–H and O–H groups in total. The first kappa shape index (κ1) is 19.1. The molecule has 0 saturated carbocycles. The summed E-state index contributed by atoms with van der Waals surface area (Å²) in [7, 11) is 0. The predicted octanol–water partition coefficient (Wildman–Crippen LogP) is 2.98. The third-order valence-corrected chi connectivity index (χ3v) is 6.52. The molecule has 3 aromatic rings. The fraction of sp³-hybridized carbons (Fsp3) is 0.348. The molecule has 3 aliphatic heterocycles. The molecule has 0 spiro atoms. The highest BCUT2D eigenvalue weighted by Crippen LogP contribution is 2.41. The number of halogens is 1. The molecule has 6 rings (SSSR count). The zero-order valence-corrected chi connectivity index (χ0v) is 17.6. The molecule has 1 amide bonds. The lowest BCUT2D eigenvalue weighted by Crippen LogP contribution is -2.32. The largest absolute Gasteiger partial charge is 0.493 e. The number of hydrogen-bond acceptors (Lipinski definition) is 6. The minimum absolute atomic E-state index is 0.0402. The van der Waals surface area contributed by atoms with Crippen LogP contribution in [-0.2, 0) is 11.3 Å². The summed E-state index contributed by atoms with van der Waals surface area (Å²) in [6, 6.07) is 5.12. The van der Waals surface area contributed by atoms with Gasteiger partial charge in [0.15, 0.2) is 17.2 Å². The second-order valence-corrected chi connectivity index (χ2v) is 8.35. The van der Waals surface area contributed by atoms with E-state index >= 15 is 0 Å². The van der Waals surface area contributed by atoms with Crippen LogP contribution in [0.5, 0.6) is 11.5 Å². The first-order valence-electron chi connectivity index (χ1n) is 10.7. The number of aromatic nitrogens is 3. The van der Waals surface area contributed by atoms with Crippen LogP contribution in [0.2, 0.25) is 0 Å². The highest BCUT2D eigenvalue weighted by Gasteiger charge is 2.32. The number of nitrogens with zero attached hydrogens (tertiary/aromatic N) is 4. The zero-order valence-electron chi connectivity index (χ0n) is 17.6. The number of hydrogen-bond donors (Lipinski definition) is 1. The van der Waals surface area contributed by atoms with Crippen LogP contribution in [0, 0.1) is 5.82 Å². The SMILES string of the molecule is CC(=O)N1CC=C(c2cc3c(n4cnnc24)NCc2c(F)ccc4c2[C@H](CO4)CO3)CC1. The van der Waals surface area contributed by atoms with E-state index in [1.54, 1.807) is 19.3 Å². The van der Waals surface area contributed by atoms with Crippen LogP contribution in [0.15, 0.2) is 30.6 Å². The molecule has 0 saturated heterocycles. The van der Waals surface area contributed by atoms with Crippen molar-refractivity contribution in [2.75, 3.05) is 31.6 Å². The number of nitrogens with one attached hydrogen (secondary N) is 1. The summed E-state index contributed by atoms with van der Waals surface area (Å²) >= 11 is 0. The van der Waals surface area contributed by atoms with Gasteiger partial charge in [0.2, 0.25) is 5.91 Å². The molecule has 0 aliphatic carbocycles. The van der Waals surface area contributed by atoms with Crippen LogP contribution in [-0.4, -0.2) is 51.7 Å². The number of ether oxygens (including phenoxy) is 2. The monoisotopic (exact) mass is 435 g/mol. The molecular formula is C23H22FN5O3. The molecule has 1 atom stereocenters. The van der Waals surface area contributed by atoms with Gasteiger partial charge in [-0.05, 0) is 30.2 Å². The van der Waals surface area contributed by atoms with Gasteiger partial charge < -0.3 is 19.7 Å². The van der Waals surface area contributed by atoms with Crippen LogP contribution in [0.3, 0.4) is 0 Å². The summed E-state index contributed by atoms with van der Waals surface area (Å²) in [4.78, 5) is 13.5. The van der Waals surface area contributed by atoms with Gasteiger partial charge in [-0.2, -0.15) is 0 Å². The van der Waals surface area contributed by atoms with E-state index in [0.717, 1.165) is 28.9 Å².